The van der Waals surface area contributed by atoms with Gasteiger partial charge in [-0.2, -0.15) is 0 Å². The zero-order valence-electron chi connectivity index (χ0n) is 8.69. The number of aromatic nitrogens is 2. The average molecular weight is 230 g/mol. The van der Waals surface area contributed by atoms with E-state index in [2.05, 4.69) is 15.5 Å². The molecule has 1 amide bonds. The van der Waals surface area contributed by atoms with Gasteiger partial charge in [-0.15, -0.1) is 10.2 Å². The molecule has 0 aromatic carbocycles. The number of hydrogen-bond donors (Lipinski definition) is 2. The molecule has 1 heterocycles. The molecule has 0 radical (unpaired) electrons. The smallest absolute Gasteiger partial charge is 0.282 e. The first-order valence-corrected chi connectivity index (χ1v) is 5.34. The van der Waals surface area contributed by atoms with Crippen LogP contribution in [0.5, 0.6) is 0 Å². The third kappa shape index (κ3) is 3.80. The summed E-state index contributed by atoms with van der Waals surface area (Å²) in [5.74, 6) is -0.243. The standard InChI is InChI=1S/C8H14N4O2S/c1-5(3-4-14-2)10-6(13)7-11-12-8(9)15-7/h5H,3-4H2,1-2H3,(H2,9,12)(H,10,13). The lowest BCUT2D eigenvalue weighted by Gasteiger charge is -2.11. The Hall–Kier alpha value is -1.21. The van der Waals surface area contributed by atoms with Crippen LogP contribution in [0.15, 0.2) is 0 Å². The Balaban J connectivity index is 2.42. The molecule has 84 valence electrons. The fourth-order valence-electron chi connectivity index (χ4n) is 0.979. The van der Waals surface area contributed by atoms with Crippen LogP contribution in [0.4, 0.5) is 5.13 Å². The number of nitrogens with two attached hydrogens (primary N) is 1. The zero-order valence-corrected chi connectivity index (χ0v) is 9.50. The number of carbonyl (C=O) groups is 1. The summed E-state index contributed by atoms with van der Waals surface area (Å²) in [6, 6.07) is 0.0441. The number of anilines is 1. The monoisotopic (exact) mass is 230 g/mol. The molecule has 1 atom stereocenters. The van der Waals surface area contributed by atoms with Crippen LogP contribution in [0.2, 0.25) is 0 Å². The molecular weight excluding hydrogens is 216 g/mol. The van der Waals surface area contributed by atoms with E-state index in [-0.39, 0.29) is 17.0 Å². The van der Waals surface area contributed by atoms with E-state index in [1.807, 2.05) is 6.92 Å². The highest BCUT2D eigenvalue weighted by Crippen LogP contribution is 2.10. The minimum atomic E-state index is -0.243. The Morgan fingerprint density at radius 2 is 2.40 bits per heavy atom. The first-order chi connectivity index (χ1) is 7.13. The minimum Gasteiger partial charge on any atom is -0.385 e. The number of nitrogens with zero attached hydrogens (tertiary/aromatic N) is 2. The van der Waals surface area contributed by atoms with Gasteiger partial charge in [-0.3, -0.25) is 4.79 Å². The van der Waals surface area contributed by atoms with Crippen LogP contribution >= 0.6 is 11.3 Å². The Labute approximate surface area is 91.8 Å². The molecule has 0 aliphatic heterocycles. The van der Waals surface area contributed by atoms with Crippen molar-refractivity contribution >= 4 is 22.4 Å². The van der Waals surface area contributed by atoms with Gasteiger partial charge >= 0.3 is 0 Å². The summed E-state index contributed by atoms with van der Waals surface area (Å²) >= 11 is 1.07. The average Bonchev–Trinajstić information content (AvgIpc) is 2.61. The predicted molar refractivity (Wildman–Crippen MR) is 57.7 cm³/mol. The Morgan fingerprint density at radius 3 is 2.93 bits per heavy atom. The predicted octanol–water partition coefficient (Wildman–Crippen LogP) is 0.275. The number of amides is 1. The largest absolute Gasteiger partial charge is 0.385 e. The topological polar surface area (TPSA) is 90.1 Å². The summed E-state index contributed by atoms with van der Waals surface area (Å²) < 4.78 is 4.91. The third-order valence-electron chi connectivity index (χ3n) is 1.77. The summed E-state index contributed by atoms with van der Waals surface area (Å²) in [6.45, 7) is 2.51. The number of nitrogen functional groups attached to an aromatic ring is 1. The first-order valence-electron chi connectivity index (χ1n) is 4.52. The molecule has 0 spiro atoms. The van der Waals surface area contributed by atoms with Gasteiger partial charge < -0.3 is 15.8 Å². The number of rotatable bonds is 5. The number of carbonyl (C=O) groups excluding carboxylic acids is 1. The second-order valence-electron chi connectivity index (χ2n) is 3.10. The van der Waals surface area contributed by atoms with E-state index in [0.29, 0.717) is 11.7 Å². The second-order valence-corrected chi connectivity index (χ2v) is 4.11. The lowest BCUT2D eigenvalue weighted by atomic mass is 10.2. The fourth-order valence-corrected chi connectivity index (χ4v) is 1.49. The Bertz CT molecular complexity index is 328. The van der Waals surface area contributed by atoms with Gasteiger partial charge in [-0.25, -0.2) is 0 Å². The maximum Gasteiger partial charge on any atom is 0.282 e. The van der Waals surface area contributed by atoms with Gasteiger partial charge in [-0.1, -0.05) is 11.3 Å². The maximum atomic E-state index is 11.5. The molecule has 0 fully saturated rings. The van der Waals surface area contributed by atoms with Gasteiger partial charge in [0, 0.05) is 19.8 Å². The van der Waals surface area contributed by atoms with Crippen molar-refractivity contribution in [1.82, 2.24) is 15.5 Å². The lowest BCUT2D eigenvalue weighted by Crippen LogP contribution is -2.33. The number of hydrogen-bond acceptors (Lipinski definition) is 6. The summed E-state index contributed by atoms with van der Waals surface area (Å²) in [5, 5.41) is 10.6. The first kappa shape index (κ1) is 11.9. The summed E-state index contributed by atoms with van der Waals surface area (Å²) in [6.07, 6.45) is 0.760. The highest BCUT2D eigenvalue weighted by molar-refractivity contribution is 7.16. The SMILES string of the molecule is COCCC(C)NC(=O)c1nnc(N)s1. The van der Waals surface area contributed by atoms with Crippen molar-refractivity contribution in [3.05, 3.63) is 5.01 Å². The second kappa shape index (κ2) is 5.62. The Kier molecular flexibility index (Phi) is 4.44. The number of methoxy groups -OCH3 is 1. The van der Waals surface area contributed by atoms with Crippen molar-refractivity contribution in [2.75, 3.05) is 19.5 Å². The molecule has 1 rings (SSSR count). The van der Waals surface area contributed by atoms with Crippen molar-refractivity contribution < 1.29 is 9.53 Å². The Morgan fingerprint density at radius 1 is 1.67 bits per heavy atom. The van der Waals surface area contributed by atoms with Crippen LogP contribution in [-0.4, -0.2) is 35.9 Å². The van der Waals surface area contributed by atoms with Gasteiger partial charge in [0.1, 0.15) is 0 Å². The van der Waals surface area contributed by atoms with Crippen molar-refractivity contribution in [2.24, 2.45) is 0 Å². The van der Waals surface area contributed by atoms with E-state index < -0.39 is 0 Å². The molecule has 0 aliphatic rings. The molecule has 6 nitrogen and oxygen atoms in total. The van der Waals surface area contributed by atoms with Gasteiger partial charge in [-0.05, 0) is 13.3 Å². The van der Waals surface area contributed by atoms with Crippen molar-refractivity contribution in [2.45, 2.75) is 19.4 Å². The normalized spacial score (nSPS) is 12.4. The summed E-state index contributed by atoms with van der Waals surface area (Å²) in [7, 11) is 1.62. The van der Waals surface area contributed by atoms with Crippen LogP contribution in [0.1, 0.15) is 23.1 Å². The molecule has 1 unspecified atom stereocenters. The van der Waals surface area contributed by atoms with Crippen LogP contribution in [0.3, 0.4) is 0 Å². The molecular formula is C8H14N4O2S. The molecule has 0 bridgehead atoms. The van der Waals surface area contributed by atoms with E-state index in [1.54, 1.807) is 7.11 Å². The van der Waals surface area contributed by atoms with Gasteiger partial charge in [0.25, 0.3) is 5.91 Å². The molecule has 15 heavy (non-hydrogen) atoms. The van der Waals surface area contributed by atoms with Crippen molar-refractivity contribution in [1.29, 1.82) is 0 Å². The number of ether oxygens (including phenoxy) is 1. The molecule has 7 heteroatoms. The van der Waals surface area contributed by atoms with Crippen LogP contribution in [0, 0.1) is 0 Å². The van der Waals surface area contributed by atoms with Gasteiger partial charge in [0.2, 0.25) is 10.1 Å². The molecule has 0 saturated heterocycles. The highest BCUT2D eigenvalue weighted by atomic mass is 32.1. The number of nitrogens with one attached hydrogen (secondary N) is 1. The molecule has 3 N–H and O–H groups in total. The van der Waals surface area contributed by atoms with Crippen LogP contribution < -0.4 is 11.1 Å². The summed E-state index contributed by atoms with van der Waals surface area (Å²) in [4.78, 5) is 11.5. The molecule has 0 saturated carbocycles. The minimum absolute atomic E-state index is 0.0441. The van der Waals surface area contributed by atoms with Crippen molar-refractivity contribution in [3.63, 3.8) is 0 Å². The van der Waals surface area contributed by atoms with E-state index in [1.165, 1.54) is 0 Å². The fraction of sp³-hybridized carbons (Fsp3) is 0.625. The van der Waals surface area contributed by atoms with E-state index in [4.69, 9.17) is 10.5 Å². The molecule has 1 aromatic rings. The zero-order chi connectivity index (χ0) is 11.3. The van der Waals surface area contributed by atoms with E-state index >= 15 is 0 Å². The third-order valence-corrected chi connectivity index (χ3v) is 2.52. The molecule has 1 aromatic heterocycles. The molecule has 0 aliphatic carbocycles. The van der Waals surface area contributed by atoms with Crippen molar-refractivity contribution in [3.8, 4) is 0 Å². The van der Waals surface area contributed by atoms with Gasteiger partial charge in [0.05, 0.1) is 0 Å². The van der Waals surface area contributed by atoms with E-state index in [9.17, 15) is 4.79 Å². The van der Waals surface area contributed by atoms with Gasteiger partial charge in [0.15, 0.2) is 0 Å². The quantitative estimate of drug-likeness (QED) is 0.758. The summed E-state index contributed by atoms with van der Waals surface area (Å²) in [5.41, 5.74) is 5.37. The van der Waals surface area contributed by atoms with E-state index in [0.717, 1.165) is 17.8 Å². The highest BCUT2D eigenvalue weighted by Gasteiger charge is 2.13. The van der Waals surface area contributed by atoms with Crippen LogP contribution in [-0.2, 0) is 4.74 Å². The maximum absolute atomic E-state index is 11.5. The van der Waals surface area contributed by atoms with Crippen LogP contribution in [0.25, 0.3) is 0 Å². The lowest BCUT2D eigenvalue weighted by molar-refractivity contribution is 0.0928.